The number of nitrogens with one attached hydrogen (secondary N) is 1. The van der Waals surface area contributed by atoms with Crippen LogP contribution in [0.4, 0.5) is 14.4 Å². The fourth-order valence-electron chi connectivity index (χ4n) is 21.5. The van der Waals surface area contributed by atoms with Crippen LogP contribution in [0.3, 0.4) is 0 Å². The second-order valence-corrected chi connectivity index (χ2v) is 39.9. The van der Waals surface area contributed by atoms with Gasteiger partial charge >= 0.3 is 24.2 Å². The molecule has 4 aliphatic heterocycles. The predicted octanol–water partition coefficient (Wildman–Crippen LogP) is 19.6. The summed E-state index contributed by atoms with van der Waals surface area (Å²) in [6.45, 7) is 28.7. The van der Waals surface area contributed by atoms with Crippen molar-refractivity contribution in [2.45, 2.75) is 253 Å². The van der Waals surface area contributed by atoms with Gasteiger partial charge in [0.2, 0.25) is 11.1 Å². The van der Waals surface area contributed by atoms with Crippen LogP contribution in [0.25, 0.3) is 72.7 Å². The van der Waals surface area contributed by atoms with E-state index in [4.69, 9.17) is 67.7 Å². The molecular weight excluding hydrogens is 1720 g/mol. The maximum atomic E-state index is 13.7. The van der Waals surface area contributed by atoms with Crippen LogP contribution in [0.5, 0.6) is 0 Å². The van der Waals surface area contributed by atoms with E-state index >= 15 is 0 Å². The van der Waals surface area contributed by atoms with Gasteiger partial charge in [-0.2, -0.15) is 0 Å². The number of aryl methyl sites for hydroxylation is 1. The Kier molecular flexibility index (Phi) is 27.9. The standard InChI is InChI=1S/C32H39N3O6.C27H31N3O3.C25H25N3O2.C22H23N3O.C3H3ClO/c1-31(2,3)40-29(37)34-16-15-20-19(18-34)11-10-13-21(20)26-25-22-12-8-9-14-24(22)35(30(38)41-32(4,5)6)27(25)23(17-33-26)28(36)39-7;1-27(2,3)33-26(32)30-12-11-18-17(15-30)8-6-10-20(18)24-23-19-9-5-4-7-16(19)13-21(23)22(14-29-24)25(28)31;1-2-22(29)28-11-10-17-16(14-28)7-5-9-19(17)24-23-18-8-4-3-6-15(18)12-20(23)21(13-27-24)25(26)30;23-22(26)19-12-25-21(17-7-3-5-14-11-24-9-8-15(14)17)20-16-6-2-1-4-13(16)10-18(19)20;1-2-3(4)5/h10-11,13,17H,8-9,12,14-16,18H2,1-7H3;6,8,10,14H,4-5,7,9,11-13,15H2,1-3H3,(H2,28,31);2,5,7,9,13H,1,3-4,6,8,10-12,14H2,(H2,26,30);3,5,7,12,24H,1-2,4,6,8-11H2,(H2,23,26);2H,1H2. The highest BCUT2D eigenvalue weighted by molar-refractivity contribution is 6.66. The number of aromatic nitrogens is 5. The summed E-state index contributed by atoms with van der Waals surface area (Å²) < 4.78 is 23.7. The molecule has 0 atom stereocenters. The number of benzene rings is 4. The largest absolute Gasteiger partial charge is 0.465 e. The average Bonchev–Trinajstić information content (AvgIpc) is 1.57. The number of fused-ring (bicyclic) bond motifs is 13. The fraction of sp³-hybridized carbons (Fsp3) is 0.404. The van der Waals surface area contributed by atoms with Gasteiger partial charge in [0.15, 0.2) is 0 Å². The van der Waals surface area contributed by atoms with Crippen LogP contribution in [-0.2, 0) is 113 Å². The number of methoxy groups -OCH3 is 1. The van der Waals surface area contributed by atoms with Crippen molar-refractivity contribution >= 4 is 92.3 Å². The molecule has 6 amide bonds. The van der Waals surface area contributed by atoms with Gasteiger partial charge in [0.1, 0.15) is 22.4 Å². The Labute approximate surface area is 793 Å². The van der Waals surface area contributed by atoms with Crippen molar-refractivity contribution in [1.82, 2.24) is 44.5 Å². The zero-order chi connectivity index (χ0) is 95.8. The molecule has 0 bridgehead atoms. The van der Waals surface area contributed by atoms with Gasteiger partial charge in [-0.15, -0.1) is 0 Å². The van der Waals surface area contributed by atoms with Crippen LogP contribution in [0, 0.1) is 0 Å². The number of nitrogens with zero attached hydrogens (tertiary/aromatic N) is 8. The summed E-state index contributed by atoms with van der Waals surface area (Å²) in [5.74, 6) is -1.77. The van der Waals surface area contributed by atoms with Gasteiger partial charge in [-0.05, 0) is 324 Å². The first-order chi connectivity index (χ1) is 64.6. The smallest absolute Gasteiger partial charge is 0.419 e. The molecule has 9 heterocycles. The Morgan fingerprint density at radius 2 is 0.756 bits per heavy atom. The van der Waals surface area contributed by atoms with Gasteiger partial charge in [-0.1, -0.05) is 103 Å². The molecule has 4 aromatic carbocycles. The summed E-state index contributed by atoms with van der Waals surface area (Å²) in [7, 11) is 1.33. The van der Waals surface area contributed by atoms with Gasteiger partial charge in [0.25, 0.3) is 17.7 Å². The number of amides is 6. The lowest BCUT2D eigenvalue weighted by Gasteiger charge is -2.32. The van der Waals surface area contributed by atoms with Gasteiger partial charge in [-0.3, -0.25) is 43.9 Å². The maximum Gasteiger partial charge on any atom is 0.419 e. The quantitative estimate of drug-likeness (QED) is 0.0428. The Hall–Kier alpha value is -13.0. The summed E-state index contributed by atoms with van der Waals surface area (Å²) in [5.41, 5.74) is 52.5. The van der Waals surface area contributed by atoms with Crippen LogP contribution in [0.15, 0.2) is 140 Å². The Morgan fingerprint density at radius 3 is 1.15 bits per heavy atom. The lowest BCUT2D eigenvalue weighted by atomic mass is 9.86. The van der Waals surface area contributed by atoms with Crippen molar-refractivity contribution < 1.29 is 62.1 Å². The number of allylic oxidation sites excluding steroid dienone is 7. The summed E-state index contributed by atoms with van der Waals surface area (Å²) in [6.07, 6.45) is 30.5. The predicted molar refractivity (Wildman–Crippen MR) is 523 cm³/mol. The van der Waals surface area contributed by atoms with E-state index in [-0.39, 0.29) is 29.6 Å². The van der Waals surface area contributed by atoms with Gasteiger partial charge in [0, 0.05) is 121 Å². The van der Waals surface area contributed by atoms with Crippen molar-refractivity contribution in [2.75, 3.05) is 33.3 Å². The monoisotopic (exact) mass is 1840 g/mol. The van der Waals surface area contributed by atoms with Crippen LogP contribution in [-0.4, -0.2) is 142 Å². The number of pyridine rings is 4. The molecule has 0 unspecified atom stereocenters. The Bertz CT molecular complexity index is 6500. The number of carbonyl (C=O) groups excluding carboxylic acids is 9. The number of hydrogen-bond donors (Lipinski definition) is 4. The number of halogens is 1. The number of carbonyl (C=O) groups is 9. The molecule has 25 nitrogen and oxygen atoms in total. The van der Waals surface area contributed by atoms with Crippen molar-refractivity contribution in [3.05, 3.63) is 251 Å². The van der Waals surface area contributed by atoms with Crippen molar-refractivity contribution in [1.29, 1.82) is 0 Å². The third kappa shape index (κ3) is 19.8. The second kappa shape index (κ2) is 39.5. The third-order valence-electron chi connectivity index (χ3n) is 27.4. The highest BCUT2D eigenvalue weighted by atomic mass is 35.5. The molecule has 702 valence electrons. The minimum Gasteiger partial charge on any atom is -0.465 e. The lowest BCUT2D eigenvalue weighted by Crippen LogP contribution is -2.40. The number of hydrogen-bond acceptors (Lipinski definition) is 18. The van der Waals surface area contributed by atoms with Crippen LogP contribution >= 0.6 is 11.6 Å². The Balaban J connectivity index is 0.000000130. The molecule has 20 rings (SSSR count). The number of ether oxygens (including phenoxy) is 4. The van der Waals surface area contributed by atoms with E-state index < -0.39 is 45.9 Å². The van der Waals surface area contributed by atoms with Gasteiger partial charge in [0.05, 0.1) is 52.1 Å². The average molecular weight is 1840 g/mol. The molecule has 7 N–H and O–H groups in total. The molecule has 5 aromatic heterocycles. The summed E-state index contributed by atoms with van der Waals surface area (Å²) in [6, 6.07) is 25.0. The van der Waals surface area contributed by atoms with Crippen LogP contribution in [0.2, 0.25) is 0 Å². The molecule has 0 fully saturated rings. The number of rotatable bonds is 10. The molecule has 11 aliphatic rings. The normalized spacial score (nSPS) is 16.5. The molecule has 7 aliphatic carbocycles. The first-order valence-corrected chi connectivity index (χ1v) is 47.8. The topological polar surface area (TPSA) is 347 Å². The molecule has 0 saturated carbocycles. The first kappa shape index (κ1) is 95.2. The molecule has 9 aromatic rings. The number of esters is 1. The van der Waals surface area contributed by atoms with Crippen LogP contribution in [0.1, 0.15) is 283 Å². The third-order valence-corrected chi connectivity index (χ3v) is 27.5. The molecule has 26 heteroatoms. The molecule has 0 radical (unpaired) electrons. The van der Waals surface area contributed by atoms with E-state index in [1.807, 2.05) is 97.5 Å². The van der Waals surface area contributed by atoms with Crippen molar-refractivity contribution in [3.63, 3.8) is 0 Å². The van der Waals surface area contributed by atoms with Crippen LogP contribution < -0.4 is 22.5 Å². The molecule has 135 heavy (non-hydrogen) atoms. The van der Waals surface area contributed by atoms with Gasteiger partial charge < -0.3 is 56.2 Å². The second-order valence-electron chi connectivity index (χ2n) is 39.5. The van der Waals surface area contributed by atoms with E-state index in [1.54, 1.807) is 33.0 Å². The molecule has 0 saturated heterocycles. The number of primary amides is 3. The summed E-state index contributed by atoms with van der Waals surface area (Å²) >= 11 is 4.71. The molecular formula is C109H121ClN12O13. The first-order valence-electron chi connectivity index (χ1n) is 47.4. The maximum absolute atomic E-state index is 13.7. The highest BCUT2D eigenvalue weighted by Gasteiger charge is 2.40. The SMILES string of the molecule is C=CC(=O)Cl.C=CC(=O)N1CCc2c(cccc2-c2ncc(C(N)=O)c3c2C2=C(CCCC2)C3)C1.CC(C)(C)OC(=O)N1CCc2c(cccc2-c2ncc(C(N)=O)c3c2C2=C(CCCC2)C3)C1.COC(=O)c1cnc(-c2cccc3c2CCN(C(=O)OC(C)(C)C)C3)c2c3c(n(C(=O)OC(C)(C)C)c12)CCCC3.NC(=O)c1cnc(-c2cccc3c2CCNC3)c2c1CC1=C2CCCC1. The van der Waals surface area contributed by atoms with Crippen molar-refractivity contribution in [3.8, 4) is 45.0 Å². The minimum absolute atomic E-state index is 0.0344. The molecule has 0 spiro atoms. The number of nitrogens with two attached hydrogens (primary N) is 3. The zero-order valence-corrected chi connectivity index (χ0v) is 80.0. The van der Waals surface area contributed by atoms with Crippen molar-refractivity contribution in [2.24, 2.45) is 17.2 Å². The fourth-order valence-corrected chi connectivity index (χ4v) is 21.5. The van der Waals surface area contributed by atoms with Gasteiger partial charge in [-0.25, -0.2) is 23.7 Å². The summed E-state index contributed by atoms with van der Waals surface area (Å²) in [5, 5.41) is 3.73. The minimum atomic E-state index is -0.713. The van der Waals surface area contributed by atoms with E-state index in [0.717, 1.165) is 228 Å². The summed E-state index contributed by atoms with van der Waals surface area (Å²) in [4.78, 5) is 134. The highest BCUT2D eigenvalue weighted by Crippen LogP contribution is 2.52. The van der Waals surface area contributed by atoms with E-state index in [2.05, 4.69) is 60.9 Å². The lowest BCUT2D eigenvalue weighted by molar-refractivity contribution is -0.126. The van der Waals surface area contributed by atoms with E-state index in [9.17, 15) is 43.2 Å². The van der Waals surface area contributed by atoms with E-state index in [0.29, 0.717) is 74.3 Å². The van der Waals surface area contributed by atoms with E-state index in [1.165, 1.54) is 118 Å². The zero-order valence-electron chi connectivity index (χ0n) is 79.2. The Morgan fingerprint density at radius 1 is 0.407 bits per heavy atom.